The van der Waals surface area contributed by atoms with Crippen LogP contribution >= 0.6 is 23.2 Å². The molecule has 0 aliphatic carbocycles. The molecular weight excluding hydrogens is 333 g/mol. The fourth-order valence-corrected chi connectivity index (χ4v) is 4.01. The summed E-state index contributed by atoms with van der Waals surface area (Å²) in [7, 11) is -3.71. The summed E-state index contributed by atoms with van der Waals surface area (Å²) in [4.78, 5) is 0.0253. The Balaban J connectivity index is 2.20. The minimum atomic E-state index is -3.71. The standard InChI is InChI=1S/C14H15Cl2NO3S/c1-9-6-14(13(16)8-12(9)15)21(18,19)17-10(2)7-11-4-3-5-20-11/h3-6,8,10,17H,7H2,1-2H3. The smallest absolute Gasteiger partial charge is 0.242 e. The third-order valence-corrected chi connectivity index (χ3v) is 5.41. The molecule has 2 rings (SSSR count). The normalized spacial score (nSPS) is 13.3. The lowest BCUT2D eigenvalue weighted by Crippen LogP contribution is -2.34. The maximum absolute atomic E-state index is 12.4. The van der Waals surface area contributed by atoms with Crippen molar-refractivity contribution in [2.45, 2.75) is 31.2 Å². The van der Waals surface area contributed by atoms with Crippen molar-refractivity contribution in [3.05, 3.63) is 51.9 Å². The van der Waals surface area contributed by atoms with E-state index in [9.17, 15) is 8.42 Å². The highest BCUT2D eigenvalue weighted by Crippen LogP contribution is 2.28. The van der Waals surface area contributed by atoms with Crippen LogP contribution in [0.2, 0.25) is 10.0 Å². The number of hydrogen-bond acceptors (Lipinski definition) is 3. The summed E-state index contributed by atoms with van der Waals surface area (Å²) in [6, 6.07) is 6.13. The molecule has 114 valence electrons. The SMILES string of the molecule is Cc1cc(S(=O)(=O)NC(C)Cc2ccco2)c(Cl)cc1Cl. The van der Waals surface area contributed by atoms with Gasteiger partial charge in [-0.2, -0.15) is 0 Å². The molecule has 0 bridgehead atoms. The monoisotopic (exact) mass is 347 g/mol. The molecule has 2 aromatic rings. The number of hydrogen-bond donors (Lipinski definition) is 1. The maximum atomic E-state index is 12.4. The summed E-state index contributed by atoms with van der Waals surface area (Å²) in [6.07, 6.45) is 2.01. The van der Waals surface area contributed by atoms with Crippen molar-refractivity contribution in [2.75, 3.05) is 0 Å². The summed E-state index contributed by atoms with van der Waals surface area (Å²) < 4.78 is 32.6. The largest absolute Gasteiger partial charge is 0.469 e. The van der Waals surface area contributed by atoms with E-state index in [2.05, 4.69) is 4.72 Å². The first-order valence-corrected chi connectivity index (χ1v) is 8.54. The second kappa shape index (κ2) is 6.40. The first kappa shape index (κ1) is 16.4. The van der Waals surface area contributed by atoms with Crippen molar-refractivity contribution in [1.29, 1.82) is 0 Å². The fraction of sp³-hybridized carbons (Fsp3) is 0.286. The Morgan fingerprint density at radius 2 is 2.00 bits per heavy atom. The topological polar surface area (TPSA) is 59.3 Å². The Morgan fingerprint density at radius 3 is 2.62 bits per heavy atom. The molecule has 1 unspecified atom stereocenters. The van der Waals surface area contributed by atoms with Crippen LogP contribution in [0.3, 0.4) is 0 Å². The Morgan fingerprint density at radius 1 is 1.29 bits per heavy atom. The van der Waals surface area contributed by atoms with Gasteiger partial charge in [0.05, 0.1) is 11.3 Å². The maximum Gasteiger partial charge on any atom is 0.242 e. The van der Waals surface area contributed by atoms with Gasteiger partial charge in [-0.3, -0.25) is 0 Å². The molecule has 7 heteroatoms. The number of furan rings is 1. The Kier molecular flexibility index (Phi) is 4.99. The predicted molar refractivity (Wildman–Crippen MR) is 83.4 cm³/mol. The zero-order chi connectivity index (χ0) is 15.6. The molecule has 0 amide bonds. The van der Waals surface area contributed by atoms with Crippen LogP contribution in [0.15, 0.2) is 39.8 Å². The van der Waals surface area contributed by atoms with Gasteiger partial charge in [0.15, 0.2) is 0 Å². The molecule has 0 aliphatic heterocycles. The average molecular weight is 348 g/mol. The molecule has 0 aliphatic rings. The van der Waals surface area contributed by atoms with Crippen molar-refractivity contribution in [3.8, 4) is 0 Å². The molecule has 1 heterocycles. The van der Waals surface area contributed by atoms with E-state index in [-0.39, 0.29) is 16.0 Å². The lowest BCUT2D eigenvalue weighted by atomic mass is 10.2. The number of sulfonamides is 1. The lowest BCUT2D eigenvalue weighted by Gasteiger charge is -2.14. The highest BCUT2D eigenvalue weighted by molar-refractivity contribution is 7.89. The number of aryl methyl sites for hydroxylation is 1. The van der Waals surface area contributed by atoms with Gasteiger partial charge in [0.2, 0.25) is 10.0 Å². The van der Waals surface area contributed by atoms with Gasteiger partial charge in [-0.1, -0.05) is 23.2 Å². The zero-order valence-corrected chi connectivity index (χ0v) is 13.9. The molecule has 0 radical (unpaired) electrons. The second-order valence-electron chi connectivity index (χ2n) is 4.84. The van der Waals surface area contributed by atoms with Crippen molar-refractivity contribution in [1.82, 2.24) is 4.72 Å². The Hall–Kier alpha value is -1.01. The first-order valence-electron chi connectivity index (χ1n) is 6.30. The van der Waals surface area contributed by atoms with Gasteiger partial charge in [0, 0.05) is 17.5 Å². The first-order chi connectivity index (χ1) is 9.79. The highest BCUT2D eigenvalue weighted by atomic mass is 35.5. The van der Waals surface area contributed by atoms with Gasteiger partial charge >= 0.3 is 0 Å². The van der Waals surface area contributed by atoms with Gasteiger partial charge in [-0.05, 0) is 43.7 Å². The number of benzene rings is 1. The third-order valence-electron chi connectivity index (χ3n) is 2.95. The number of rotatable bonds is 5. The van der Waals surface area contributed by atoms with Gasteiger partial charge in [0.25, 0.3) is 0 Å². The van der Waals surface area contributed by atoms with Crippen LogP contribution in [0.25, 0.3) is 0 Å². The summed E-state index contributed by atoms with van der Waals surface area (Å²) >= 11 is 11.9. The van der Waals surface area contributed by atoms with E-state index in [0.29, 0.717) is 22.8 Å². The van der Waals surface area contributed by atoms with Gasteiger partial charge < -0.3 is 4.42 Å². The molecule has 1 aromatic heterocycles. The molecule has 0 spiro atoms. The van der Waals surface area contributed by atoms with E-state index < -0.39 is 10.0 Å². The van der Waals surface area contributed by atoms with E-state index in [1.54, 1.807) is 32.2 Å². The van der Waals surface area contributed by atoms with Crippen LogP contribution < -0.4 is 4.72 Å². The molecule has 1 N–H and O–H groups in total. The van der Waals surface area contributed by atoms with E-state index >= 15 is 0 Å². The predicted octanol–water partition coefficient (Wildman–Crippen LogP) is 3.80. The molecular formula is C14H15Cl2NO3S. The zero-order valence-electron chi connectivity index (χ0n) is 11.6. The quantitative estimate of drug-likeness (QED) is 0.894. The molecule has 0 saturated heterocycles. The molecule has 21 heavy (non-hydrogen) atoms. The number of halogens is 2. The number of nitrogens with one attached hydrogen (secondary N) is 1. The van der Waals surface area contributed by atoms with E-state index in [0.717, 1.165) is 0 Å². The molecule has 0 saturated carbocycles. The third kappa shape index (κ3) is 4.01. The van der Waals surface area contributed by atoms with Crippen LogP contribution in [0, 0.1) is 6.92 Å². The molecule has 1 atom stereocenters. The molecule has 4 nitrogen and oxygen atoms in total. The molecule has 0 fully saturated rings. The Bertz CT molecular complexity index is 727. The van der Waals surface area contributed by atoms with E-state index in [1.165, 1.54) is 12.1 Å². The van der Waals surface area contributed by atoms with Gasteiger partial charge in [-0.15, -0.1) is 0 Å². The van der Waals surface area contributed by atoms with Gasteiger partial charge in [0.1, 0.15) is 10.7 Å². The van der Waals surface area contributed by atoms with Crippen molar-refractivity contribution >= 4 is 33.2 Å². The van der Waals surface area contributed by atoms with Crippen LogP contribution in [0.5, 0.6) is 0 Å². The van der Waals surface area contributed by atoms with Crippen LogP contribution in [-0.4, -0.2) is 14.5 Å². The Labute approximate surface area is 134 Å². The average Bonchev–Trinajstić information content (AvgIpc) is 2.85. The highest BCUT2D eigenvalue weighted by Gasteiger charge is 2.22. The summed E-state index contributed by atoms with van der Waals surface area (Å²) in [5, 5.41) is 0.533. The van der Waals surface area contributed by atoms with Crippen molar-refractivity contribution < 1.29 is 12.8 Å². The fourth-order valence-electron chi connectivity index (χ4n) is 1.94. The lowest BCUT2D eigenvalue weighted by molar-refractivity contribution is 0.479. The summed E-state index contributed by atoms with van der Waals surface area (Å²) in [5.41, 5.74) is 0.653. The van der Waals surface area contributed by atoms with Gasteiger partial charge in [-0.25, -0.2) is 13.1 Å². The second-order valence-corrected chi connectivity index (χ2v) is 7.33. The summed E-state index contributed by atoms with van der Waals surface area (Å²) in [6.45, 7) is 3.49. The van der Waals surface area contributed by atoms with Crippen LogP contribution in [-0.2, 0) is 16.4 Å². The van der Waals surface area contributed by atoms with Crippen molar-refractivity contribution in [2.24, 2.45) is 0 Å². The van der Waals surface area contributed by atoms with Crippen LogP contribution in [0.1, 0.15) is 18.2 Å². The summed E-state index contributed by atoms with van der Waals surface area (Å²) in [5.74, 6) is 0.712. The van der Waals surface area contributed by atoms with E-state index in [1.807, 2.05) is 0 Å². The van der Waals surface area contributed by atoms with Crippen LogP contribution in [0.4, 0.5) is 0 Å². The minimum absolute atomic E-state index is 0.0253. The molecule has 1 aromatic carbocycles. The van der Waals surface area contributed by atoms with Crippen molar-refractivity contribution in [3.63, 3.8) is 0 Å². The minimum Gasteiger partial charge on any atom is -0.469 e. The van der Waals surface area contributed by atoms with E-state index in [4.69, 9.17) is 27.6 Å².